The quantitative estimate of drug-likeness (QED) is 0.841. The lowest BCUT2D eigenvalue weighted by atomic mass is 10.1. The minimum absolute atomic E-state index is 0.306. The van der Waals surface area contributed by atoms with E-state index in [1.54, 1.807) is 0 Å². The molecule has 1 saturated heterocycles. The van der Waals surface area contributed by atoms with E-state index < -0.39 is 0 Å². The first-order valence-corrected chi connectivity index (χ1v) is 9.16. The third-order valence-electron chi connectivity index (χ3n) is 4.67. The van der Waals surface area contributed by atoms with Crippen molar-refractivity contribution in [1.29, 1.82) is 0 Å². The summed E-state index contributed by atoms with van der Waals surface area (Å²) in [6.45, 7) is 7.39. The summed E-state index contributed by atoms with van der Waals surface area (Å²) in [5.41, 5.74) is 2.44. The van der Waals surface area contributed by atoms with E-state index in [1.807, 2.05) is 37.3 Å². The van der Waals surface area contributed by atoms with Gasteiger partial charge in [0, 0.05) is 38.4 Å². The van der Waals surface area contributed by atoms with Crippen LogP contribution in [-0.4, -0.2) is 55.4 Å². The normalized spacial score (nSPS) is 16.6. The molecule has 1 unspecified atom stereocenters. The summed E-state index contributed by atoms with van der Waals surface area (Å²) in [6, 6.07) is 18.5. The van der Waals surface area contributed by atoms with Crippen LogP contribution < -0.4 is 9.64 Å². The van der Waals surface area contributed by atoms with Crippen molar-refractivity contribution in [2.45, 2.75) is 19.4 Å². The first-order valence-electron chi connectivity index (χ1n) is 9.16. The van der Waals surface area contributed by atoms with Crippen LogP contribution in [0.5, 0.6) is 5.75 Å². The zero-order valence-electron chi connectivity index (χ0n) is 15.0. The van der Waals surface area contributed by atoms with Gasteiger partial charge in [-0.1, -0.05) is 30.3 Å². The fourth-order valence-electron chi connectivity index (χ4n) is 3.36. The van der Waals surface area contributed by atoms with Crippen molar-refractivity contribution >= 4 is 5.69 Å². The van der Waals surface area contributed by atoms with Crippen molar-refractivity contribution < 1.29 is 9.84 Å². The number of ether oxygens (including phenoxy) is 1. The number of aliphatic hydroxyl groups is 1. The molecule has 1 atom stereocenters. The van der Waals surface area contributed by atoms with Crippen molar-refractivity contribution in [2.75, 3.05) is 44.2 Å². The summed E-state index contributed by atoms with van der Waals surface area (Å²) in [5, 5.41) is 10.3. The number of rotatable bonds is 7. The highest BCUT2D eigenvalue weighted by molar-refractivity contribution is 5.49. The van der Waals surface area contributed by atoms with E-state index in [4.69, 9.17) is 4.74 Å². The molecular weight excluding hydrogens is 312 g/mol. The molecule has 25 heavy (non-hydrogen) atoms. The SMILES string of the molecule is CCOc1ccc(N2CCN(CC(O)Cc3ccccc3)CC2)cc1. The van der Waals surface area contributed by atoms with Gasteiger partial charge in [-0.15, -0.1) is 0 Å². The van der Waals surface area contributed by atoms with Crippen LogP contribution in [0.1, 0.15) is 12.5 Å². The number of nitrogens with zero attached hydrogens (tertiary/aromatic N) is 2. The highest BCUT2D eigenvalue weighted by atomic mass is 16.5. The van der Waals surface area contributed by atoms with Gasteiger partial charge >= 0.3 is 0 Å². The van der Waals surface area contributed by atoms with Gasteiger partial charge in [0.05, 0.1) is 12.7 Å². The molecule has 1 fully saturated rings. The smallest absolute Gasteiger partial charge is 0.119 e. The second kappa shape index (κ2) is 8.88. The van der Waals surface area contributed by atoms with E-state index in [2.05, 4.69) is 34.1 Å². The third kappa shape index (κ3) is 5.21. The maximum absolute atomic E-state index is 10.3. The second-order valence-corrected chi connectivity index (χ2v) is 6.56. The molecule has 0 aliphatic carbocycles. The van der Waals surface area contributed by atoms with Gasteiger partial charge in [0.15, 0.2) is 0 Å². The van der Waals surface area contributed by atoms with E-state index in [0.717, 1.165) is 44.9 Å². The largest absolute Gasteiger partial charge is 0.494 e. The Morgan fingerprint density at radius 3 is 2.28 bits per heavy atom. The Balaban J connectivity index is 1.45. The summed E-state index contributed by atoms with van der Waals surface area (Å²) < 4.78 is 5.50. The van der Waals surface area contributed by atoms with Crippen LogP contribution in [-0.2, 0) is 6.42 Å². The van der Waals surface area contributed by atoms with Crippen LogP contribution in [0.25, 0.3) is 0 Å². The Morgan fingerprint density at radius 2 is 1.64 bits per heavy atom. The summed E-state index contributed by atoms with van der Waals surface area (Å²) in [5.74, 6) is 0.925. The molecule has 1 N–H and O–H groups in total. The number of benzene rings is 2. The maximum Gasteiger partial charge on any atom is 0.119 e. The van der Waals surface area contributed by atoms with Gasteiger partial charge in [-0.05, 0) is 43.2 Å². The lowest BCUT2D eigenvalue weighted by molar-refractivity contribution is 0.109. The lowest BCUT2D eigenvalue weighted by Gasteiger charge is -2.37. The van der Waals surface area contributed by atoms with Crippen LogP contribution in [0.2, 0.25) is 0 Å². The summed E-state index contributed by atoms with van der Waals surface area (Å²) in [6.07, 6.45) is 0.416. The molecule has 0 spiro atoms. The average molecular weight is 340 g/mol. The fraction of sp³-hybridized carbons (Fsp3) is 0.429. The molecule has 4 heteroatoms. The molecule has 0 aromatic heterocycles. The number of hydrogen-bond donors (Lipinski definition) is 1. The van der Waals surface area contributed by atoms with Gasteiger partial charge in [-0.2, -0.15) is 0 Å². The standard InChI is InChI=1S/C21H28N2O2/c1-2-25-21-10-8-19(9-11-21)23-14-12-22(13-15-23)17-20(24)16-18-6-4-3-5-7-18/h3-11,20,24H,2,12-17H2,1H3. The molecule has 134 valence electrons. The highest BCUT2D eigenvalue weighted by Gasteiger charge is 2.19. The monoisotopic (exact) mass is 340 g/mol. The van der Waals surface area contributed by atoms with E-state index in [1.165, 1.54) is 11.3 Å². The minimum atomic E-state index is -0.306. The first-order chi connectivity index (χ1) is 12.2. The van der Waals surface area contributed by atoms with Gasteiger partial charge in [-0.3, -0.25) is 4.90 Å². The molecular formula is C21H28N2O2. The maximum atomic E-state index is 10.3. The Bertz CT molecular complexity index is 622. The molecule has 0 saturated carbocycles. The molecule has 2 aromatic rings. The number of β-amino-alcohol motifs (C(OH)–C–C–N with tert-alkyl or cyclic N) is 1. The van der Waals surface area contributed by atoms with Crippen LogP contribution in [0.15, 0.2) is 54.6 Å². The van der Waals surface area contributed by atoms with Crippen molar-refractivity contribution in [3.8, 4) is 5.75 Å². The predicted molar refractivity (Wildman–Crippen MR) is 102 cm³/mol. The summed E-state index contributed by atoms with van der Waals surface area (Å²) in [7, 11) is 0. The van der Waals surface area contributed by atoms with Crippen LogP contribution in [0, 0.1) is 0 Å². The number of piperazine rings is 1. The first kappa shape index (κ1) is 17.8. The van der Waals surface area contributed by atoms with Gasteiger partial charge in [0.1, 0.15) is 5.75 Å². The number of aliphatic hydroxyl groups excluding tert-OH is 1. The van der Waals surface area contributed by atoms with Crippen LogP contribution >= 0.6 is 0 Å². The molecule has 0 amide bonds. The van der Waals surface area contributed by atoms with Gasteiger partial charge in [-0.25, -0.2) is 0 Å². The Kier molecular flexibility index (Phi) is 6.31. The lowest BCUT2D eigenvalue weighted by Crippen LogP contribution is -2.48. The topological polar surface area (TPSA) is 35.9 Å². The zero-order chi connectivity index (χ0) is 17.5. The molecule has 1 aliphatic heterocycles. The number of anilines is 1. The Morgan fingerprint density at radius 1 is 0.960 bits per heavy atom. The van der Waals surface area contributed by atoms with Gasteiger partial charge in [0.25, 0.3) is 0 Å². The van der Waals surface area contributed by atoms with Gasteiger partial charge < -0.3 is 14.7 Å². The minimum Gasteiger partial charge on any atom is -0.494 e. The molecule has 0 radical (unpaired) electrons. The Labute approximate surface area is 150 Å². The fourth-order valence-corrected chi connectivity index (χ4v) is 3.36. The summed E-state index contributed by atoms with van der Waals surface area (Å²) in [4.78, 5) is 4.76. The molecule has 2 aromatic carbocycles. The second-order valence-electron chi connectivity index (χ2n) is 6.56. The molecule has 3 rings (SSSR count). The Hall–Kier alpha value is -2.04. The van der Waals surface area contributed by atoms with Crippen molar-refractivity contribution in [3.63, 3.8) is 0 Å². The average Bonchev–Trinajstić information content (AvgIpc) is 2.64. The molecule has 1 aliphatic rings. The van der Waals surface area contributed by atoms with Gasteiger partial charge in [0.2, 0.25) is 0 Å². The zero-order valence-corrected chi connectivity index (χ0v) is 15.0. The van der Waals surface area contributed by atoms with E-state index >= 15 is 0 Å². The molecule has 4 nitrogen and oxygen atoms in total. The third-order valence-corrected chi connectivity index (χ3v) is 4.67. The van der Waals surface area contributed by atoms with Crippen molar-refractivity contribution in [3.05, 3.63) is 60.2 Å². The van der Waals surface area contributed by atoms with Crippen molar-refractivity contribution in [2.24, 2.45) is 0 Å². The highest BCUT2D eigenvalue weighted by Crippen LogP contribution is 2.21. The van der Waals surface area contributed by atoms with Crippen LogP contribution in [0.4, 0.5) is 5.69 Å². The van der Waals surface area contributed by atoms with E-state index in [9.17, 15) is 5.11 Å². The van der Waals surface area contributed by atoms with E-state index in [-0.39, 0.29) is 6.10 Å². The summed E-state index contributed by atoms with van der Waals surface area (Å²) >= 11 is 0. The molecule has 0 bridgehead atoms. The van der Waals surface area contributed by atoms with E-state index in [0.29, 0.717) is 6.61 Å². The molecule has 1 heterocycles. The number of hydrogen-bond acceptors (Lipinski definition) is 4. The van der Waals surface area contributed by atoms with Crippen LogP contribution in [0.3, 0.4) is 0 Å². The predicted octanol–water partition coefficient (Wildman–Crippen LogP) is 2.81. The van der Waals surface area contributed by atoms with Crippen molar-refractivity contribution in [1.82, 2.24) is 4.90 Å².